The lowest BCUT2D eigenvalue weighted by Crippen LogP contribution is -2.68. The van der Waals surface area contributed by atoms with Crippen molar-refractivity contribution >= 4 is 47.3 Å². The summed E-state index contributed by atoms with van der Waals surface area (Å²) in [5.41, 5.74) is 9.88. The molecule has 0 aliphatic heterocycles. The van der Waals surface area contributed by atoms with Crippen molar-refractivity contribution < 1.29 is 4.43 Å². The predicted octanol–water partition coefficient (Wildman–Crippen LogP) is 6.17. The van der Waals surface area contributed by atoms with Gasteiger partial charge in [0.2, 0.25) is 5.95 Å². The fourth-order valence-electron chi connectivity index (χ4n) is 5.00. The maximum Gasteiger partial charge on any atom is 0.319 e. The first-order chi connectivity index (χ1) is 17.7. The smallest absolute Gasteiger partial charge is 0.319 e. The SMILES string of the molecule is Cc1cc(-c2cc(O[Si](c3ccccc3)(c3ccccc3)C(C)(C)C)ccc2Cl)cc2nnc(N)nc12. The molecular weight excluding hydrogens is 496 g/mol. The summed E-state index contributed by atoms with van der Waals surface area (Å²) < 4.78 is 7.21. The fourth-order valence-corrected chi connectivity index (χ4v) is 9.63. The molecule has 0 saturated heterocycles. The van der Waals surface area contributed by atoms with Gasteiger partial charge in [0.05, 0.1) is 5.52 Å². The third-order valence-electron chi connectivity index (χ3n) is 6.70. The highest BCUT2D eigenvalue weighted by atomic mass is 35.5. The molecule has 1 heterocycles. The standard InChI is InChI=1S/C30H29ClN4OSi/c1-20-17-21(18-27-28(20)33-29(32)35-34-27)25-19-22(15-16-26(25)31)36-37(30(2,3)4,23-11-7-5-8-12-23)24-13-9-6-10-14-24/h5-19H,1-4H3,(H2,32,33,35). The molecule has 0 radical (unpaired) electrons. The van der Waals surface area contributed by atoms with E-state index < -0.39 is 8.32 Å². The van der Waals surface area contributed by atoms with E-state index in [-0.39, 0.29) is 11.0 Å². The van der Waals surface area contributed by atoms with Crippen molar-refractivity contribution in [1.82, 2.24) is 15.2 Å². The van der Waals surface area contributed by atoms with Crippen LogP contribution in [0.25, 0.3) is 22.2 Å². The number of nitrogen functional groups attached to an aromatic ring is 1. The normalized spacial score (nSPS) is 12.0. The van der Waals surface area contributed by atoms with Gasteiger partial charge in [0.25, 0.3) is 0 Å². The molecule has 0 spiro atoms. The lowest BCUT2D eigenvalue weighted by molar-refractivity contribution is 0.508. The van der Waals surface area contributed by atoms with E-state index in [2.05, 4.69) is 84.5 Å². The van der Waals surface area contributed by atoms with Crippen molar-refractivity contribution in [3.63, 3.8) is 0 Å². The van der Waals surface area contributed by atoms with Crippen LogP contribution in [0.4, 0.5) is 5.95 Å². The number of rotatable bonds is 5. The first kappa shape index (κ1) is 24.9. The summed E-state index contributed by atoms with van der Waals surface area (Å²) in [6, 6.07) is 31.0. The topological polar surface area (TPSA) is 73.9 Å². The Labute approximate surface area is 223 Å². The van der Waals surface area contributed by atoms with E-state index in [1.54, 1.807) is 0 Å². The highest BCUT2D eigenvalue weighted by Gasteiger charge is 2.52. The van der Waals surface area contributed by atoms with E-state index >= 15 is 0 Å². The summed E-state index contributed by atoms with van der Waals surface area (Å²) in [4.78, 5) is 4.34. The van der Waals surface area contributed by atoms with Crippen LogP contribution in [-0.2, 0) is 0 Å². The van der Waals surface area contributed by atoms with E-state index in [9.17, 15) is 0 Å². The van der Waals surface area contributed by atoms with Gasteiger partial charge in [-0.3, -0.25) is 0 Å². The third-order valence-corrected chi connectivity index (χ3v) is 12.0. The highest BCUT2D eigenvalue weighted by molar-refractivity contribution is 7.00. The molecule has 1 aromatic heterocycles. The zero-order chi connectivity index (χ0) is 26.2. The molecule has 0 aliphatic rings. The second kappa shape index (κ2) is 9.61. The van der Waals surface area contributed by atoms with Crippen LogP contribution in [0.2, 0.25) is 10.1 Å². The second-order valence-corrected chi connectivity index (χ2v) is 14.9. The lowest BCUT2D eigenvalue weighted by Gasteiger charge is -2.43. The second-order valence-electron chi connectivity index (χ2n) is 10.2. The van der Waals surface area contributed by atoms with Crippen LogP contribution in [-0.4, -0.2) is 23.5 Å². The van der Waals surface area contributed by atoms with Gasteiger partial charge in [0, 0.05) is 10.6 Å². The number of nitrogens with two attached hydrogens (primary N) is 1. The molecule has 0 aliphatic carbocycles. The summed E-state index contributed by atoms with van der Waals surface area (Å²) in [5.74, 6) is 0.926. The Bertz CT molecular complexity index is 1530. The average Bonchev–Trinajstić information content (AvgIpc) is 2.89. The number of aryl methyl sites for hydroxylation is 1. The van der Waals surface area contributed by atoms with Gasteiger partial charge < -0.3 is 10.2 Å². The number of aromatic nitrogens is 3. The van der Waals surface area contributed by atoms with E-state index in [1.165, 1.54) is 10.4 Å². The zero-order valence-electron chi connectivity index (χ0n) is 21.4. The van der Waals surface area contributed by atoms with Crippen LogP contribution in [0.5, 0.6) is 5.75 Å². The summed E-state index contributed by atoms with van der Waals surface area (Å²) in [6.45, 7) is 8.77. The summed E-state index contributed by atoms with van der Waals surface area (Å²) in [5, 5.41) is 11.1. The molecule has 37 heavy (non-hydrogen) atoms. The van der Waals surface area contributed by atoms with Crippen molar-refractivity contribution in [2.45, 2.75) is 32.7 Å². The van der Waals surface area contributed by atoms with Crippen LogP contribution in [0, 0.1) is 6.92 Å². The molecule has 2 N–H and O–H groups in total. The number of fused-ring (bicyclic) bond motifs is 1. The highest BCUT2D eigenvalue weighted by Crippen LogP contribution is 2.40. The van der Waals surface area contributed by atoms with Gasteiger partial charge in [-0.1, -0.05) is 93.0 Å². The number of anilines is 1. The molecule has 0 amide bonds. The molecule has 7 heteroatoms. The zero-order valence-corrected chi connectivity index (χ0v) is 23.1. The minimum absolute atomic E-state index is 0.155. The Morgan fingerprint density at radius 2 is 1.43 bits per heavy atom. The Morgan fingerprint density at radius 1 is 0.811 bits per heavy atom. The van der Waals surface area contributed by atoms with E-state index in [1.807, 2.05) is 49.4 Å². The Morgan fingerprint density at radius 3 is 2.03 bits per heavy atom. The molecule has 5 nitrogen and oxygen atoms in total. The van der Waals surface area contributed by atoms with Crippen LogP contribution in [0.15, 0.2) is 91.0 Å². The Kier molecular flexibility index (Phi) is 6.48. The quantitative estimate of drug-likeness (QED) is 0.278. The number of hydrogen-bond donors (Lipinski definition) is 1. The lowest BCUT2D eigenvalue weighted by atomic mass is 10.0. The molecule has 0 unspecified atom stereocenters. The fraction of sp³-hybridized carbons (Fsp3) is 0.167. The number of benzene rings is 4. The molecule has 5 rings (SSSR count). The maximum absolute atomic E-state index is 7.21. The van der Waals surface area contributed by atoms with Gasteiger partial charge >= 0.3 is 8.32 Å². The Balaban J connectivity index is 1.68. The van der Waals surface area contributed by atoms with E-state index in [4.69, 9.17) is 21.8 Å². The molecule has 4 aromatic carbocycles. The third kappa shape index (κ3) is 4.58. The van der Waals surface area contributed by atoms with Crippen molar-refractivity contribution in [3.8, 4) is 16.9 Å². The van der Waals surface area contributed by atoms with Gasteiger partial charge in [-0.15, -0.1) is 10.2 Å². The maximum atomic E-state index is 7.21. The molecule has 0 atom stereocenters. The minimum Gasteiger partial charge on any atom is -0.534 e. The van der Waals surface area contributed by atoms with Crippen LogP contribution >= 0.6 is 11.6 Å². The molecular formula is C30H29ClN4OSi. The first-order valence-electron chi connectivity index (χ1n) is 12.2. The minimum atomic E-state index is -2.78. The van der Waals surface area contributed by atoms with E-state index in [0.29, 0.717) is 10.5 Å². The number of hydrogen-bond acceptors (Lipinski definition) is 5. The molecule has 0 saturated carbocycles. The molecule has 186 valence electrons. The number of nitrogens with zero attached hydrogens (tertiary/aromatic N) is 3. The average molecular weight is 525 g/mol. The van der Waals surface area contributed by atoms with Crippen LogP contribution in [0.1, 0.15) is 26.3 Å². The largest absolute Gasteiger partial charge is 0.534 e. The van der Waals surface area contributed by atoms with Crippen molar-refractivity contribution in [3.05, 3.63) is 102 Å². The molecule has 0 bridgehead atoms. The van der Waals surface area contributed by atoms with Crippen LogP contribution < -0.4 is 20.5 Å². The number of halogens is 1. The van der Waals surface area contributed by atoms with Crippen molar-refractivity contribution in [1.29, 1.82) is 0 Å². The molecule has 5 aromatic rings. The molecule has 0 fully saturated rings. The van der Waals surface area contributed by atoms with Crippen molar-refractivity contribution in [2.24, 2.45) is 0 Å². The summed E-state index contributed by atoms with van der Waals surface area (Å²) in [6.07, 6.45) is 0. The first-order valence-corrected chi connectivity index (χ1v) is 14.5. The van der Waals surface area contributed by atoms with E-state index in [0.717, 1.165) is 28.0 Å². The van der Waals surface area contributed by atoms with Gasteiger partial charge in [-0.2, -0.15) is 0 Å². The van der Waals surface area contributed by atoms with Gasteiger partial charge in [0.1, 0.15) is 11.3 Å². The summed E-state index contributed by atoms with van der Waals surface area (Å²) in [7, 11) is -2.78. The predicted molar refractivity (Wildman–Crippen MR) is 155 cm³/mol. The monoisotopic (exact) mass is 524 g/mol. The van der Waals surface area contributed by atoms with Crippen molar-refractivity contribution in [2.75, 3.05) is 5.73 Å². The van der Waals surface area contributed by atoms with Gasteiger partial charge in [-0.05, 0) is 63.8 Å². The Hall–Kier alpha value is -3.74. The van der Waals surface area contributed by atoms with Gasteiger partial charge in [-0.25, -0.2) is 4.98 Å². The summed E-state index contributed by atoms with van der Waals surface area (Å²) >= 11 is 6.74. The van der Waals surface area contributed by atoms with Crippen LogP contribution in [0.3, 0.4) is 0 Å². The van der Waals surface area contributed by atoms with Gasteiger partial charge in [0.15, 0.2) is 0 Å².